The first-order valence-electron chi connectivity index (χ1n) is 5.71. The highest BCUT2D eigenvalue weighted by atomic mass is 35.5. The Morgan fingerprint density at radius 2 is 2.16 bits per heavy atom. The number of benzene rings is 1. The van der Waals surface area contributed by atoms with Crippen LogP contribution >= 0.6 is 23.2 Å². The van der Waals surface area contributed by atoms with E-state index < -0.39 is 5.92 Å². The number of carbonyl (C=O) groups excluding carboxylic acids is 1. The third-order valence-electron chi connectivity index (χ3n) is 2.84. The fourth-order valence-electron chi connectivity index (χ4n) is 1.94. The van der Waals surface area contributed by atoms with Gasteiger partial charge in [0, 0.05) is 13.0 Å². The van der Waals surface area contributed by atoms with Gasteiger partial charge in [-0.15, -0.1) is 0 Å². The number of rotatable bonds is 3. The van der Waals surface area contributed by atoms with Crippen molar-refractivity contribution in [3.8, 4) is 0 Å². The van der Waals surface area contributed by atoms with Crippen LogP contribution in [-0.2, 0) is 4.79 Å². The number of nitrogens with zero attached hydrogens (tertiary/aromatic N) is 1. The molecule has 1 aliphatic heterocycles. The Balaban J connectivity index is 1.93. The number of carbonyl (C=O) groups is 1. The monoisotopic (exact) mass is 308 g/mol. The first-order valence-corrected chi connectivity index (χ1v) is 6.47. The summed E-state index contributed by atoms with van der Waals surface area (Å²) in [6.07, 6.45) is -0.210. The van der Waals surface area contributed by atoms with E-state index in [0.717, 1.165) is 0 Å². The lowest BCUT2D eigenvalue weighted by molar-refractivity contribution is -0.117. The number of hydrogen-bond acceptors (Lipinski definition) is 2. The largest absolute Gasteiger partial charge is 0.324 e. The zero-order valence-electron chi connectivity index (χ0n) is 9.93. The molecule has 2 rings (SSSR count). The van der Waals surface area contributed by atoms with Gasteiger partial charge in [0.05, 0.1) is 28.8 Å². The van der Waals surface area contributed by atoms with Crippen LogP contribution in [-0.4, -0.2) is 36.4 Å². The van der Waals surface area contributed by atoms with Gasteiger partial charge in [-0.3, -0.25) is 9.69 Å². The number of likely N-dealkylation sites (tertiary alicyclic amines) is 1. The van der Waals surface area contributed by atoms with Crippen molar-refractivity contribution < 1.29 is 13.6 Å². The third kappa shape index (κ3) is 3.78. The highest BCUT2D eigenvalue weighted by molar-refractivity contribution is 6.43. The highest BCUT2D eigenvalue weighted by Crippen LogP contribution is 2.30. The molecule has 0 aliphatic carbocycles. The van der Waals surface area contributed by atoms with Crippen molar-refractivity contribution in [2.75, 3.05) is 25.0 Å². The van der Waals surface area contributed by atoms with Gasteiger partial charge in [0.1, 0.15) is 0 Å². The number of anilines is 1. The van der Waals surface area contributed by atoms with Crippen molar-refractivity contribution >= 4 is 34.8 Å². The van der Waals surface area contributed by atoms with Crippen molar-refractivity contribution in [1.82, 2.24) is 4.90 Å². The maximum Gasteiger partial charge on any atom is 0.261 e. The number of nitrogens with one attached hydrogen (secondary N) is 1. The topological polar surface area (TPSA) is 32.3 Å². The van der Waals surface area contributed by atoms with E-state index in [4.69, 9.17) is 23.2 Å². The minimum absolute atomic E-state index is 0.0849. The van der Waals surface area contributed by atoms with E-state index in [-0.39, 0.29) is 37.0 Å². The molecule has 1 N–H and O–H groups in total. The van der Waals surface area contributed by atoms with Crippen LogP contribution in [0.5, 0.6) is 0 Å². The summed E-state index contributed by atoms with van der Waals surface area (Å²) in [5.41, 5.74) is 0.380. The Bertz CT molecular complexity index is 497. The molecule has 1 fully saturated rings. The molecule has 3 nitrogen and oxygen atoms in total. The second-order valence-corrected chi connectivity index (χ2v) is 5.25. The lowest BCUT2D eigenvalue weighted by Crippen LogP contribution is -2.33. The molecule has 0 radical (unpaired) electrons. The normalized spacial score (nSPS) is 18.5. The molecule has 0 bridgehead atoms. The summed E-state index contributed by atoms with van der Waals surface area (Å²) in [5, 5.41) is 3.13. The molecule has 7 heteroatoms. The van der Waals surface area contributed by atoms with Gasteiger partial charge in [0.2, 0.25) is 5.91 Å². The van der Waals surface area contributed by atoms with E-state index in [9.17, 15) is 13.6 Å². The van der Waals surface area contributed by atoms with Crippen molar-refractivity contribution in [3.63, 3.8) is 0 Å². The van der Waals surface area contributed by atoms with Gasteiger partial charge < -0.3 is 5.32 Å². The maximum absolute atomic E-state index is 13.0. The van der Waals surface area contributed by atoms with Crippen LogP contribution in [0.25, 0.3) is 0 Å². The van der Waals surface area contributed by atoms with Crippen molar-refractivity contribution in [2.45, 2.75) is 12.3 Å². The molecule has 1 aliphatic rings. The van der Waals surface area contributed by atoms with E-state index in [1.54, 1.807) is 18.2 Å². The van der Waals surface area contributed by atoms with Crippen LogP contribution in [0.1, 0.15) is 6.42 Å². The minimum Gasteiger partial charge on any atom is -0.324 e. The van der Waals surface area contributed by atoms with Gasteiger partial charge in [0.25, 0.3) is 5.92 Å². The first-order chi connectivity index (χ1) is 8.87. The molecule has 1 saturated heterocycles. The van der Waals surface area contributed by atoms with Crippen LogP contribution in [0.15, 0.2) is 18.2 Å². The van der Waals surface area contributed by atoms with Crippen LogP contribution in [0.4, 0.5) is 14.5 Å². The van der Waals surface area contributed by atoms with Gasteiger partial charge in [0.15, 0.2) is 0 Å². The van der Waals surface area contributed by atoms with Crippen LogP contribution in [0.3, 0.4) is 0 Å². The van der Waals surface area contributed by atoms with Crippen LogP contribution in [0, 0.1) is 0 Å². The Kier molecular flexibility index (Phi) is 4.28. The van der Waals surface area contributed by atoms with Crippen LogP contribution in [0.2, 0.25) is 10.0 Å². The molecule has 1 heterocycles. The number of hydrogen-bond donors (Lipinski definition) is 1. The summed E-state index contributed by atoms with van der Waals surface area (Å²) < 4.78 is 26.0. The highest BCUT2D eigenvalue weighted by Gasteiger charge is 2.38. The SMILES string of the molecule is O=C(CN1CCC(F)(F)C1)Nc1cccc(Cl)c1Cl. The minimum atomic E-state index is -2.70. The maximum atomic E-state index is 13.0. The Hall–Kier alpha value is -0.910. The molecular weight excluding hydrogens is 297 g/mol. The van der Waals surface area contributed by atoms with E-state index >= 15 is 0 Å². The fourth-order valence-corrected chi connectivity index (χ4v) is 2.28. The van der Waals surface area contributed by atoms with Gasteiger partial charge >= 0.3 is 0 Å². The van der Waals surface area contributed by atoms with Gasteiger partial charge in [-0.1, -0.05) is 29.3 Å². The lowest BCUT2D eigenvalue weighted by atomic mass is 10.3. The second kappa shape index (κ2) is 5.61. The van der Waals surface area contributed by atoms with Crippen LogP contribution < -0.4 is 5.32 Å². The fraction of sp³-hybridized carbons (Fsp3) is 0.417. The molecule has 0 spiro atoms. The number of amides is 1. The Labute approximate surface area is 119 Å². The van der Waals surface area contributed by atoms with Gasteiger partial charge in [-0.25, -0.2) is 8.78 Å². The van der Waals surface area contributed by atoms with E-state index in [0.29, 0.717) is 10.7 Å². The quantitative estimate of drug-likeness (QED) is 0.929. The Morgan fingerprint density at radius 3 is 2.79 bits per heavy atom. The molecule has 19 heavy (non-hydrogen) atoms. The molecule has 0 saturated carbocycles. The van der Waals surface area contributed by atoms with Gasteiger partial charge in [-0.2, -0.15) is 0 Å². The summed E-state index contributed by atoms with van der Waals surface area (Å²) in [7, 11) is 0. The average molecular weight is 309 g/mol. The predicted molar refractivity (Wildman–Crippen MR) is 71.1 cm³/mol. The molecular formula is C12H12Cl2F2N2O. The van der Waals surface area contributed by atoms with Crippen molar-refractivity contribution in [1.29, 1.82) is 0 Å². The summed E-state index contributed by atoms with van der Waals surface area (Å²) in [6.45, 7) is -0.258. The Morgan fingerprint density at radius 1 is 1.42 bits per heavy atom. The zero-order chi connectivity index (χ0) is 14.0. The molecule has 1 amide bonds. The predicted octanol–water partition coefficient (Wildman–Crippen LogP) is 3.27. The zero-order valence-corrected chi connectivity index (χ0v) is 11.4. The van der Waals surface area contributed by atoms with Gasteiger partial charge in [-0.05, 0) is 12.1 Å². The van der Waals surface area contributed by atoms with E-state index in [2.05, 4.69) is 5.32 Å². The molecule has 1 aromatic carbocycles. The molecule has 0 unspecified atom stereocenters. The smallest absolute Gasteiger partial charge is 0.261 e. The summed E-state index contributed by atoms with van der Waals surface area (Å²) in [6, 6.07) is 4.85. The second-order valence-electron chi connectivity index (χ2n) is 4.47. The molecule has 1 aromatic rings. The number of halogens is 4. The third-order valence-corrected chi connectivity index (χ3v) is 3.66. The van der Waals surface area contributed by atoms with E-state index in [1.807, 2.05) is 0 Å². The molecule has 0 atom stereocenters. The van der Waals surface area contributed by atoms with Crippen molar-refractivity contribution in [2.24, 2.45) is 0 Å². The summed E-state index contributed by atoms with van der Waals surface area (Å²) in [5.74, 6) is -3.09. The average Bonchev–Trinajstić information content (AvgIpc) is 2.64. The standard InChI is InChI=1S/C12H12Cl2F2N2O/c13-8-2-1-3-9(11(8)14)17-10(19)6-18-5-4-12(15,16)7-18/h1-3H,4-7H2,(H,17,19). The number of alkyl halides is 2. The first kappa shape index (κ1) is 14.5. The lowest BCUT2D eigenvalue weighted by Gasteiger charge is -2.15. The molecule has 104 valence electrons. The molecule has 0 aromatic heterocycles. The summed E-state index contributed by atoms with van der Waals surface area (Å²) in [4.78, 5) is 13.2. The van der Waals surface area contributed by atoms with Crippen molar-refractivity contribution in [3.05, 3.63) is 28.2 Å². The summed E-state index contributed by atoms with van der Waals surface area (Å²) >= 11 is 11.7. The van der Waals surface area contributed by atoms with E-state index in [1.165, 1.54) is 4.90 Å².